The van der Waals surface area contributed by atoms with E-state index in [0.717, 1.165) is 0 Å². The van der Waals surface area contributed by atoms with Gasteiger partial charge in [-0.3, -0.25) is 4.79 Å². The van der Waals surface area contributed by atoms with E-state index in [4.69, 9.17) is 5.41 Å². The van der Waals surface area contributed by atoms with Gasteiger partial charge in [-0.1, -0.05) is 12.1 Å². The van der Waals surface area contributed by atoms with E-state index < -0.39 is 11.7 Å². The molecule has 8 heteroatoms. The van der Waals surface area contributed by atoms with E-state index in [9.17, 15) is 9.18 Å². The predicted molar refractivity (Wildman–Crippen MR) is 90.8 cm³/mol. The zero-order valence-electron chi connectivity index (χ0n) is 12.9. The number of nitrogens with one attached hydrogen (secondary N) is 3. The fraction of sp³-hybridized carbons (Fsp3) is 0. The van der Waals surface area contributed by atoms with Gasteiger partial charge in [0.1, 0.15) is 29.5 Å². The molecule has 0 radical (unpaired) electrons. The molecule has 25 heavy (non-hydrogen) atoms. The minimum atomic E-state index is -0.464. The van der Waals surface area contributed by atoms with Crippen molar-refractivity contribution in [2.24, 2.45) is 0 Å². The smallest absolute Gasteiger partial charge is 0.275 e. The summed E-state index contributed by atoms with van der Waals surface area (Å²) in [5.41, 5.74) is 0.437. The summed E-state index contributed by atoms with van der Waals surface area (Å²) in [6.07, 6.45) is 7.13. The summed E-state index contributed by atoms with van der Waals surface area (Å²) < 4.78 is 13.6. The van der Waals surface area contributed by atoms with E-state index in [1.807, 2.05) is 0 Å². The van der Waals surface area contributed by atoms with Crippen molar-refractivity contribution in [3.63, 3.8) is 0 Å². The molecule has 3 aromatic rings. The Morgan fingerprint density at radius 2 is 2.08 bits per heavy atom. The number of amides is 1. The molecule has 0 bridgehead atoms. The first-order chi connectivity index (χ1) is 12.1. The lowest BCUT2D eigenvalue weighted by molar-refractivity contribution is 0.102. The van der Waals surface area contributed by atoms with Gasteiger partial charge in [0.05, 0.1) is 11.9 Å². The lowest BCUT2D eigenvalue weighted by atomic mass is 10.1. The number of carbonyl (C=O) groups excluding carboxylic acids is 1. The van der Waals surface area contributed by atoms with Crippen LogP contribution in [0.15, 0.2) is 55.1 Å². The number of aromatic amines is 1. The van der Waals surface area contributed by atoms with Crippen molar-refractivity contribution in [1.82, 2.24) is 19.9 Å². The predicted octanol–water partition coefficient (Wildman–Crippen LogP) is 2.67. The molecular formula is C17H13FN6O. The number of H-pyrrole nitrogens is 1. The van der Waals surface area contributed by atoms with Crippen LogP contribution in [0.4, 0.5) is 10.2 Å². The molecule has 1 amide bonds. The summed E-state index contributed by atoms with van der Waals surface area (Å²) in [6, 6.07) is 7.54. The topological polar surface area (TPSA) is 107 Å². The molecule has 0 saturated carbocycles. The second kappa shape index (κ2) is 7.26. The average molecular weight is 336 g/mol. The minimum Gasteiger partial charge on any atom is -0.325 e. The maximum Gasteiger partial charge on any atom is 0.275 e. The molecule has 0 unspecified atom stereocenters. The fourth-order valence-corrected chi connectivity index (χ4v) is 2.03. The standard InChI is InChI=1S/C17H13FN6O/c18-12-4-2-1-3-11(12)13(19)5-6-15-21-9-16(23-15)24-17(25)14-7-8-20-10-22-14/h1-10,19H,(H,21,23)(H,24,25)/b6-5-,19-13?. The summed E-state index contributed by atoms with van der Waals surface area (Å²) in [5.74, 6) is -0.0742. The van der Waals surface area contributed by atoms with Crippen LogP contribution in [0.2, 0.25) is 0 Å². The second-order valence-corrected chi connectivity index (χ2v) is 4.96. The van der Waals surface area contributed by atoms with Crippen molar-refractivity contribution in [3.8, 4) is 0 Å². The van der Waals surface area contributed by atoms with Crippen LogP contribution < -0.4 is 5.32 Å². The molecule has 0 saturated heterocycles. The van der Waals surface area contributed by atoms with Crippen LogP contribution in [0, 0.1) is 11.2 Å². The summed E-state index contributed by atoms with van der Waals surface area (Å²) >= 11 is 0. The van der Waals surface area contributed by atoms with E-state index >= 15 is 0 Å². The third-order valence-electron chi connectivity index (χ3n) is 3.23. The molecule has 3 N–H and O–H groups in total. The van der Waals surface area contributed by atoms with Crippen molar-refractivity contribution in [2.75, 3.05) is 5.32 Å². The van der Waals surface area contributed by atoms with Crippen LogP contribution in [0.25, 0.3) is 6.08 Å². The molecule has 0 aliphatic heterocycles. The summed E-state index contributed by atoms with van der Waals surface area (Å²) in [6.45, 7) is 0. The van der Waals surface area contributed by atoms with Crippen molar-refractivity contribution in [3.05, 3.63) is 78.0 Å². The van der Waals surface area contributed by atoms with Gasteiger partial charge in [0.15, 0.2) is 0 Å². The molecule has 1 aromatic carbocycles. The van der Waals surface area contributed by atoms with Gasteiger partial charge in [-0.15, -0.1) is 0 Å². The number of carbonyl (C=O) groups is 1. The Bertz CT molecular complexity index is 935. The number of rotatable bonds is 5. The van der Waals surface area contributed by atoms with Gasteiger partial charge in [0.25, 0.3) is 5.91 Å². The number of allylic oxidation sites excluding steroid dienone is 1. The Kier molecular flexibility index (Phi) is 4.70. The lowest BCUT2D eigenvalue weighted by Gasteiger charge is -2.00. The van der Waals surface area contributed by atoms with Crippen molar-refractivity contribution in [1.29, 1.82) is 5.41 Å². The molecule has 2 aromatic heterocycles. The van der Waals surface area contributed by atoms with Crippen LogP contribution >= 0.6 is 0 Å². The van der Waals surface area contributed by atoms with Gasteiger partial charge >= 0.3 is 0 Å². The number of nitrogens with zero attached hydrogens (tertiary/aromatic N) is 3. The Morgan fingerprint density at radius 3 is 2.84 bits per heavy atom. The molecule has 0 aliphatic rings. The molecule has 0 aliphatic carbocycles. The number of halogens is 1. The zero-order valence-corrected chi connectivity index (χ0v) is 12.9. The first-order valence-corrected chi connectivity index (χ1v) is 7.27. The third kappa shape index (κ3) is 3.99. The Hall–Kier alpha value is -3.68. The van der Waals surface area contributed by atoms with Crippen LogP contribution in [0.1, 0.15) is 21.9 Å². The van der Waals surface area contributed by atoms with Crippen molar-refractivity contribution >= 4 is 23.5 Å². The van der Waals surface area contributed by atoms with E-state index in [-0.39, 0.29) is 17.0 Å². The van der Waals surface area contributed by atoms with Crippen molar-refractivity contribution < 1.29 is 9.18 Å². The van der Waals surface area contributed by atoms with Gasteiger partial charge in [-0.2, -0.15) is 0 Å². The van der Waals surface area contributed by atoms with Crippen LogP contribution in [0.3, 0.4) is 0 Å². The van der Waals surface area contributed by atoms with E-state index in [1.165, 1.54) is 49.1 Å². The Labute approximate surface area is 142 Å². The SMILES string of the molecule is N=C(/C=C\c1ncc(NC(=O)c2ccncn2)[nH]1)c1ccccc1F. The number of imidazole rings is 1. The van der Waals surface area contributed by atoms with Crippen LogP contribution in [0.5, 0.6) is 0 Å². The second-order valence-electron chi connectivity index (χ2n) is 4.96. The number of anilines is 1. The maximum absolute atomic E-state index is 13.6. The van der Waals surface area contributed by atoms with Crippen LogP contribution in [-0.2, 0) is 0 Å². The Morgan fingerprint density at radius 1 is 1.24 bits per heavy atom. The fourth-order valence-electron chi connectivity index (χ4n) is 2.03. The van der Waals surface area contributed by atoms with Crippen molar-refractivity contribution in [2.45, 2.75) is 0 Å². The number of hydrogen-bond acceptors (Lipinski definition) is 5. The molecule has 2 heterocycles. The molecule has 0 fully saturated rings. The molecule has 0 spiro atoms. The highest BCUT2D eigenvalue weighted by molar-refractivity contribution is 6.08. The third-order valence-corrected chi connectivity index (χ3v) is 3.23. The van der Waals surface area contributed by atoms with E-state index in [1.54, 1.807) is 12.1 Å². The number of benzene rings is 1. The first-order valence-electron chi connectivity index (χ1n) is 7.27. The van der Waals surface area contributed by atoms with E-state index in [2.05, 4.69) is 25.3 Å². The monoisotopic (exact) mass is 336 g/mol. The minimum absolute atomic E-state index is 0.0149. The molecule has 7 nitrogen and oxygen atoms in total. The molecule has 0 atom stereocenters. The Balaban J connectivity index is 1.67. The molecule has 3 rings (SSSR count). The van der Waals surface area contributed by atoms with Crippen LogP contribution in [-0.4, -0.2) is 31.6 Å². The quantitative estimate of drug-likeness (QED) is 0.623. The molecular weight excluding hydrogens is 323 g/mol. The summed E-state index contributed by atoms with van der Waals surface area (Å²) in [5, 5.41) is 10.5. The van der Waals surface area contributed by atoms with Gasteiger partial charge in [-0.25, -0.2) is 19.3 Å². The van der Waals surface area contributed by atoms with Gasteiger partial charge in [-0.05, 0) is 30.4 Å². The highest BCUT2D eigenvalue weighted by Crippen LogP contribution is 2.10. The first kappa shape index (κ1) is 16.2. The number of aromatic nitrogens is 4. The molecule has 124 valence electrons. The highest BCUT2D eigenvalue weighted by atomic mass is 19.1. The highest BCUT2D eigenvalue weighted by Gasteiger charge is 2.09. The van der Waals surface area contributed by atoms with Gasteiger partial charge in [0.2, 0.25) is 0 Å². The average Bonchev–Trinajstić information content (AvgIpc) is 3.08. The van der Waals surface area contributed by atoms with Gasteiger partial charge < -0.3 is 15.7 Å². The maximum atomic E-state index is 13.6. The lowest BCUT2D eigenvalue weighted by Crippen LogP contribution is -2.13. The summed E-state index contributed by atoms with van der Waals surface area (Å²) in [7, 11) is 0. The number of hydrogen-bond donors (Lipinski definition) is 3. The largest absolute Gasteiger partial charge is 0.325 e. The zero-order chi connectivity index (χ0) is 17.6. The van der Waals surface area contributed by atoms with Gasteiger partial charge in [0, 0.05) is 11.8 Å². The van der Waals surface area contributed by atoms with E-state index in [0.29, 0.717) is 11.6 Å². The normalized spacial score (nSPS) is 10.8. The summed E-state index contributed by atoms with van der Waals surface area (Å²) in [4.78, 5) is 26.5.